The van der Waals surface area contributed by atoms with Crippen LogP contribution in [0.15, 0.2) is 28.0 Å². The number of rotatable bonds is 2. The number of ether oxygens (including phenoxy) is 1. The number of aromatic nitrogens is 3. The summed E-state index contributed by atoms with van der Waals surface area (Å²) in [4.78, 5) is 43.7. The summed E-state index contributed by atoms with van der Waals surface area (Å²) in [5.41, 5.74) is 4.40. The molecule has 4 heterocycles. The average molecular weight is 399 g/mol. The van der Waals surface area contributed by atoms with Gasteiger partial charge < -0.3 is 25.0 Å². The Balaban J connectivity index is 1.93. The van der Waals surface area contributed by atoms with Crippen LogP contribution in [0.3, 0.4) is 0 Å². The van der Waals surface area contributed by atoms with Crippen LogP contribution in [0.4, 0.5) is 10.1 Å². The number of carboxylic acid groups (broad SMARTS) is 1. The monoisotopic (exact) mass is 399 g/mol. The molecule has 1 saturated heterocycles. The minimum absolute atomic E-state index is 0.0116. The minimum Gasteiger partial charge on any atom is -0.477 e. The molecule has 3 aromatic rings. The van der Waals surface area contributed by atoms with E-state index in [1.807, 2.05) is 0 Å². The van der Waals surface area contributed by atoms with Crippen molar-refractivity contribution in [2.45, 2.75) is 12.5 Å². The molecule has 0 aliphatic carbocycles. The normalized spacial score (nSPS) is 17.3. The SMILES string of the molecule is N[C@H]1CCN(c2c(F)cc3c(=O)c(C(=O)O)cn4c3c2Oc2[nH]c(=O)ncc2-4)C1. The summed E-state index contributed by atoms with van der Waals surface area (Å²) in [7, 11) is 0. The van der Waals surface area contributed by atoms with E-state index < -0.39 is 28.5 Å². The molecule has 4 N–H and O–H groups in total. The van der Waals surface area contributed by atoms with Crippen LogP contribution in [0.25, 0.3) is 16.6 Å². The molecule has 10 nitrogen and oxygen atoms in total. The molecule has 148 valence electrons. The van der Waals surface area contributed by atoms with Crippen molar-refractivity contribution in [2.75, 3.05) is 18.0 Å². The number of hydrogen-bond acceptors (Lipinski definition) is 7. The lowest BCUT2D eigenvalue weighted by atomic mass is 10.1. The summed E-state index contributed by atoms with van der Waals surface area (Å²) >= 11 is 0. The Bertz CT molecular complexity index is 1330. The van der Waals surface area contributed by atoms with Crippen molar-refractivity contribution in [3.05, 3.63) is 50.5 Å². The van der Waals surface area contributed by atoms with Crippen LogP contribution in [-0.2, 0) is 0 Å². The number of nitrogens with two attached hydrogens (primary N) is 1. The average Bonchev–Trinajstić information content (AvgIpc) is 3.08. The first-order valence-corrected chi connectivity index (χ1v) is 8.78. The summed E-state index contributed by atoms with van der Waals surface area (Å²) in [6.45, 7) is 0.868. The molecular weight excluding hydrogens is 385 g/mol. The zero-order valence-electron chi connectivity index (χ0n) is 14.8. The van der Waals surface area contributed by atoms with Crippen molar-refractivity contribution in [3.63, 3.8) is 0 Å². The predicted molar refractivity (Wildman–Crippen MR) is 99.8 cm³/mol. The fourth-order valence-electron chi connectivity index (χ4n) is 3.86. The Morgan fingerprint density at radius 1 is 1.41 bits per heavy atom. The second kappa shape index (κ2) is 5.88. The number of nitrogens with zero attached hydrogens (tertiary/aromatic N) is 3. The van der Waals surface area contributed by atoms with Crippen LogP contribution in [0.2, 0.25) is 0 Å². The number of aromatic amines is 1. The molecule has 1 aromatic carbocycles. The predicted octanol–water partition coefficient (Wildman–Crippen LogP) is 0.554. The van der Waals surface area contributed by atoms with E-state index in [2.05, 4.69) is 9.97 Å². The van der Waals surface area contributed by atoms with Crippen LogP contribution in [-0.4, -0.2) is 44.7 Å². The van der Waals surface area contributed by atoms with Crippen LogP contribution in [0.1, 0.15) is 16.8 Å². The van der Waals surface area contributed by atoms with E-state index in [0.29, 0.717) is 19.5 Å². The molecule has 5 rings (SSSR count). The Labute approximate surface area is 161 Å². The summed E-state index contributed by atoms with van der Waals surface area (Å²) in [6, 6.07) is 0.866. The molecule has 0 amide bonds. The molecule has 0 unspecified atom stereocenters. The zero-order chi connectivity index (χ0) is 20.4. The molecule has 1 atom stereocenters. The highest BCUT2D eigenvalue weighted by Crippen LogP contribution is 2.45. The topological polar surface area (TPSA) is 144 Å². The lowest BCUT2D eigenvalue weighted by molar-refractivity contribution is 0.0695. The van der Waals surface area contributed by atoms with E-state index in [1.165, 1.54) is 10.8 Å². The molecule has 0 bridgehead atoms. The van der Waals surface area contributed by atoms with Gasteiger partial charge in [0.15, 0.2) is 11.6 Å². The number of hydrogen-bond donors (Lipinski definition) is 3. The molecule has 29 heavy (non-hydrogen) atoms. The molecule has 2 aromatic heterocycles. The van der Waals surface area contributed by atoms with Gasteiger partial charge in [0.05, 0.1) is 11.6 Å². The van der Waals surface area contributed by atoms with Gasteiger partial charge in [0, 0.05) is 25.3 Å². The molecule has 2 aliphatic heterocycles. The second-order valence-corrected chi connectivity index (χ2v) is 6.98. The maximum absolute atomic E-state index is 15.1. The Morgan fingerprint density at radius 2 is 2.21 bits per heavy atom. The Hall–Kier alpha value is -3.73. The van der Waals surface area contributed by atoms with E-state index >= 15 is 4.39 Å². The van der Waals surface area contributed by atoms with Gasteiger partial charge in [-0.05, 0) is 12.5 Å². The number of halogens is 1. The molecule has 0 radical (unpaired) electrons. The van der Waals surface area contributed by atoms with Crippen molar-refractivity contribution in [1.82, 2.24) is 14.5 Å². The number of fused-ring (bicyclic) bond motifs is 2. The van der Waals surface area contributed by atoms with Gasteiger partial charge >= 0.3 is 11.7 Å². The third-order valence-corrected chi connectivity index (χ3v) is 5.16. The lowest BCUT2D eigenvalue weighted by Crippen LogP contribution is -2.28. The molecule has 0 saturated carbocycles. The Kier molecular flexibility index (Phi) is 3.52. The summed E-state index contributed by atoms with van der Waals surface area (Å²) in [5.74, 6) is -2.22. The second-order valence-electron chi connectivity index (χ2n) is 6.98. The first kappa shape index (κ1) is 17.4. The van der Waals surface area contributed by atoms with Crippen molar-refractivity contribution in [3.8, 4) is 17.3 Å². The Morgan fingerprint density at radius 3 is 2.90 bits per heavy atom. The number of anilines is 1. The number of carboxylic acids is 1. The largest absolute Gasteiger partial charge is 0.477 e. The smallest absolute Gasteiger partial charge is 0.347 e. The van der Waals surface area contributed by atoms with E-state index in [4.69, 9.17) is 10.5 Å². The van der Waals surface area contributed by atoms with Crippen LogP contribution in [0.5, 0.6) is 11.6 Å². The van der Waals surface area contributed by atoms with E-state index in [-0.39, 0.29) is 39.9 Å². The van der Waals surface area contributed by atoms with Gasteiger partial charge in [0.25, 0.3) is 0 Å². The van der Waals surface area contributed by atoms with E-state index in [0.717, 1.165) is 12.3 Å². The highest BCUT2D eigenvalue weighted by Gasteiger charge is 2.33. The third-order valence-electron chi connectivity index (χ3n) is 5.16. The van der Waals surface area contributed by atoms with Gasteiger partial charge in [-0.3, -0.25) is 9.78 Å². The van der Waals surface area contributed by atoms with Gasteiger partial charge in [0.1, 0.15) is 22.5 Å². The van der Waals surface area contributed by atoms with Gasteiger partial charge in [-0.2, -0.15) is 4.98 Å². The van der Waals surface area contributed by atoms with Crippen LogP contribution >= 0.6 is 0 Å². The quantitative estimate of drug-likeness (QED) is 0.443. The number of H-pyrrole nitrogens is 1. The van der Waals surface area contributed by atoms with Crippen molar-refractivity contribution >= 4 is 22.6 Å². The molecule has 0 spiro atoms. The first-order valence-electron chi connectivity index (χ1n) is 8.78. The van der Waals surface area contributed by atoms with Gasteiger partial charge in [-0.15, -0.1) is 0 Å². The summed E-state index contributed by atoms with van der Waals surface area (Å²) in [6.07, 6.45) is 2.97. The minimum atomic E-state index is -1.46. The number of benzene rings is 1. The molecule has 2 aliphatic rings. The third kappa shape index (κ3) is 2.44. The van der Waals surface area contributed by atoms with Gasteiger partial charge in [-0.25, -0.2) is 14.0 Å². The number of nitrogens with one attached hydrogen (secondary N) is 1. The molecule has 1 fully saturated rings. The van der Waals surface area contributed by atoms with Crippen molar-refractivity contribution < 1.29 is 19.0 Å². The molecular formula is C18H14FN5O5. The maximum atomic E-state index is 15.1. The fraction of sp³-hybridized carbons (Fsp3) is 0.222. The van der Waals surface area contributed by atoms with E-state index in [1.54, 1.807) is 4.90 Å². The summed E-state index contributed by atoms with van der Waals surface area (Å²) in [5, 5.41) is 9.26. The molecule has 11 heteroatoms. The highest BCUT2D eigenvalue weighted by molar-refractivity contribution is 5.98. The van der Waals surface area contributed by atoms with Gasteiger partial charge in [0.2, 0.25) is 11.3 Å². The van der Waals surface area contributed by atoms with Gasteiger partial charge in [-0.1, -0.05) is 0 Å². The lowest BCUT2D eigenvalue weighted by Gasteiger charge is -2.28. The van der Waals surface area contributed by atoms with Crippen molar-refractivity contribution in [1.29, 1.82) is 0 Å². The number of aromatic carboxylic acids is 1. The highest BCUT2D eigenvalue weighted by atomic mass is 19.1. The maximum Gasteiger partial charge on any atom is 0.347 e. The fourth-order valence-corrected chi connectivity index (χ4v) is 3.86. The van der Waals surface area contributed by atoms with E-state index in [9.17, 15) is 19.5 Å². The first-order chi connectivity index (χ1) is 13.8. The standard InChI is InChI=1S/C18H14FN5O5/c19-10-3-8-12-15(13(10)23-2-1-7(20)5-23)29-16-11(4-21-18(28)22-16)24(12)6-9(14(8)25)17(26)27/h3-4,6-7H,1-2,5,20H2,(H,26,27)(H,21,22,28)/t7-/m0/s1. The zero-order valence-corrected chi connectivity index (χ0v) is 14.8. The van der Waals surface area contributed by atoms with Crippen molar-refractivity contribution in [2.24, 2.45) is 5.73 Å². The van der Waals surface area contributed by atoms with Crippen LogP contribution in [0, 0.1) is 5.82 Å². The number of carbonyl (C=O) groups is 1. The summed E-state index contributed by atoms with van der Waals surface area (Å²) < 4.78 is 22.3. The van der Waals surface area contributed by atoms with Crippen LogP contribution < -0.4 is 26.5 Å². The number of pyridine rings is 1.